The number of aryl methyl sites for hydroxylation is 1. The molecule has 1 unspecified atom stereocenters. The van der Waals surface area contributed by atoms with Gasteiger partial charge in [-0.25, -0.2) is 8.78 Å². The maximum Gasteiger partial charge on any atom is 0.127 e. The lowest BCUT2D eigenvalue weighted by Gasteiger charge is -2.49. The largest absolute Gasteiger partial charge is 0.396 e. The fraction of sp³-hybridized carbons (Fsp3) is 0.455. The SMILES string of the molecule is Cc1ccc(C2(c3cc(F)ccc3F)CC(CCC(C)CO)C2)cc1. The highest BCUT2D eigenvalue weighted by Crippen LogP contribution is 2.54. The van der Waals surface area contributed by atoms with Crippen LogP contribution in [0.3, 0.4) is 0 Å². The molecular formula is C22H26F2O. The van der Waals surface area contributed by atoms with Gasteiger partial charge >= 0.3 is 0 Å². The topological polar surface area (TPSA) is 20.2 Å². The van der Waals surface area contributed by atoms with Crippen molar-refractivity contribution in [3.63, 3.8) is 0 Å². The number of benzene rings is 2. The molecule has 1 nitrogen and oxygen atoms in total. The second kappa shape index (κ2) is 7.25. The van der Waals surface area contributed by atoms with E-state index < -0.39 is 5.41 Å². The molecule has 0 radical (unpaired) electrons. The molecular weight excluding hydrogens is 318 g/mol. The van der Waals surface area contributed by atoms with Crippen molar-refractivity contribution in [1.82, 2.24) is 0 Å². The number of hydrogen-bond acceptors (Lipinski definition) is 1. The normalized spacial score (nSPS) is 24.0. The Labute approximate surface area is 148 Å². The van der Waals surface area contributed by atoms with E-state index >= 15 is 0 Å². The van der Waals surface area contributed by atoms with Gasteiger partial charge in [0, 0.05) is 17.6 Å². The molecule has 2 aromatic carbocycles. The molecule has 1 N–H and O–H groups in total. The van der Waals surface area contributed by atoms with Crippen molar-refractivity contribution in [2.45, 2.75) is 44.9 Å². The average molecular weight is 344 g/mol. The first-order chi connectivity index (χ1) is 11.9. The Morgan fingerprint density at radius 1 is 1.12 bits per heavy atom. The van der Waals surface area contributed by atoms with E-state index in [1.807, 2.05) is 38.1 Å². The lowest BCUT2D eigenvalue weighted by Crippen LogP contribution is -2.43. The van der Waals surface area contributed by atoms with Gasteiger partial charge in [-0.1, -0.05) is 43.2 Å². The predicted octanol–water partition coefficient (Wildman–Crippen LogP) is 5.38. The molecule has 3 heteroatoms. The zero-order valence-electron chi connectivity index (χ0n) is 14.9. The lowest BCUT2D eigenvalue weighted by molar-refractivity contribution is 0.146. The van der Waals surface area contributed by atoms with E-state index in [1.165, 1.54) is 18.2 Å². The third kappa shape index (κ3) is 3.62. The quantitative estimate of drug-likeness (QED) is 0.746. The molecule has 1 fully saturated rings. The molecule has 0 aromatic heterocycles. The van der Waals surface area contributed by atoms with Crippen molar-refractivity contribution in [1.29, 1.82) is 0 Å². The van der Waals surface area contributed by atoms with Crippen molar-refractivity contribution in [2.24, 2.45) is 11.8 Å². The zero-order valence-corrected chi connectivity index (χ0v) is 14.9. The van der Waals surface area contributed by atoms with E-state index in [-0.39, 0.29) is 18.2 Å². The van der Waals surface area contributed by atoms with Crippen LogP contribution in [-0.4, -0.2) is 11.7 Å². The number of hydrogen-bond donors (Lipinski definition) is 1. The van der Waals surface area contributed by atoms with Crippen molar-refractivity contribution in [3.8, 4) is 0 Å². The first kappa shape index (κ1) is 18.1. The number of halogens is 2. The Morgan fingerprint density at radius 3 is 2.44 bits per heavy atom. The highest BCUT2D eigenvalue weighted by atomic mass is 19.1. The minimum Gasteiger partial charge on any atom is -0.396 e. The summed E-state index contributed by atoms with van der Waals surface area (Å²) < 4.78 is 28.4. The second-order valence-electron chi connectivity index (χ2n) is 7.71. The van der Waals surface area contributed by atoms with Crippen LogP contribution in [0.1, 0.15) is 49.3 Å². The Balaban J connectivity index is 1.89. The second-order valence-corrected chi connectivity index (χ2v) is 7.71. The molecule has 0 spiro atoms. The van der Waals surface area contributed by atoms with Crippen molar-refractivity contribution in [3.05, 3.63) is 70.8 Å². The van der Waals surface area contributed by atoms with Gasteiger partial charge in [0.1, 0.15) is 11.6 Å². The summed E-state index contributed by atoms with van der Waals surface area (Å²) in [5.74, 6) is 0.0580. The molecule has 2 aromatic rings. The highest BCUT2D eigenvalue weighted by Gasteiger charge is 2.47. The van der Waals surface area contributed by atoms with Crippen LogP contribution in [0.2, 0.25) is 0 Å². The van der Waals surface area contributed by atoms with Gasteiger partial charge in [0.25, 0.3) is 0 Å². The van der Waals surface area contributed by atoms with Gasteiger partial charge in [0.15, 0.2) is 0 Å². The molecule has 1 aliphatic carbocycles. The molecule has 3 rings (SSSR count). The number of rotatable bonds is 6. The molecule has 25 heavy (non-hydrogen) atoms. The zero-order chi connectivity index (χ0) is 18.0. The summed E-state index contributed by atoms with van der Waals surface area (Å²) in [5.41, 5.74) is 2.26. The van der Waals surface area contributed by atoms with E-state index in [9.17, 15) is 13.9 Å². The lowest BCUT2D eigenvalue weighted by atomic mass is 9.54. The van der Waals surface area contributed by atoms with E-state index in [0.717, 1.165) is 36.8 Å². The van der Waals surface area contributed by atoms with E-state index in [1.54, 1.807) is 0 Å². The first-order valence-electron chi connectivity index (χ1n) is 9.08. The fourth-order valence-corrected chi connectivity index (χ4v) is 4.09. The van der Waals surface area contributed by atoms with Crippen LogP contribution >= 0.6 is 0 Å². The average Bonchev–Trinajstić information content (AvgIpc) is 2.57. The third-order valence-electron chi connectivity index (χ3n) is 5.70. The molecule has 134 valence electrons. The van der Waals surface area contributed by atoms with E-state index in [0.29, 0.717) is 17.4 Å². The summed E-state index contributed by atoms with van der Waals surface area (Å²) in [4.78, 5) is 0. The monoisotopic (exact) mass is 344 g/mol. The Morgan fingerprint density at radius 2 is 1.80 bits per heavy atom. The van der Waals surface area contributed by atoms with Gasteiger partial charge in [0.05, 0.1) is 0 Å². The molecule has 1 aliphatic rings. The standard InChI is InChI=1S/C22H26F2O/c1-15-4-7-18(8-5-15)22(20-11-19(23)9-10-21(20)24)12-17(13-22)6-3-16(2)14-25/h4-5,7-11,16-17,25H,3,6,12-14H2,1-2H3. The van der Waals surface area contributed by atoms with Gasteiger partial charge < -0.3 is 5.11 Å². The summed E-state index contributed by atoms with van der Waals surface area (Å²) in [6.07, 6.45) is 3.65. The Kier molecular flexibility index (Phi) is 5.24. The third-order valence-corrected chi connectivity index (χ3v) is 5.70. The van der Waals surface area contributed by atoms with Gasteiger partial charge in [-0.3, -0.25) is 0 Å². The maximum atomic E-state index is 14.5. The van der Waals surface area contributed by atoms with Crippen LogP contribution in [0.4, 0.5) is 8.78 Å². The summed E-state index contributed by atoms with van der Waals surface area (Å²) >= 11 is 0. The van der Waals surface area contributed by atoms with Gasteiger partial charge in [-0.05, 0) is 61.8 Å². The van der Waals surface area contributed by atoms with Gasteiger partial charge in [-0.2, -0.15) is 0 Å². The molecule has 1 atom stereocenters. The Hall–Kier alpha value is -1.74. The summed E-state index contributed by atoms with van der Waals surface area (Å²) in [5, 5.41) is 9.20. The van der Waals surface area contributed by atoms with E-state index in [4.69, 9.17) is 0 Å². The minimum atomic E-state index is -0.437. The maximum absolute atomic E-state index is 14.5. The molecule has 0 amide bonds. The molecule has 0 aliphatic heterocycles. The van der Waals surface area contributed by atoms with Crippen molar-refractivity contribution >= 4 is 0 Å². The molecule has 0 saturated heterocycles. The molecule has 0 bridgehead atoms. The van der Waals surface area contributed by atoms with Gasteiger partial charge in [-0.15, -0.1) is 0 Å². The number of aliphatic hydroxyl groups is 1. The summed E-state index contributed by atoms with van der Waals surface area (Å²) in [6.45, 7) is 4.27. The van der Waals surface area contributed by atoms with Gasteiger partial charge in [0.2, 0.25) is 0 Å². The molecule has 1 saturated carbocycles. The minimum absolute atomic E-state index is 0.203. The van der Waals surface area contributed by atoms with Crippen LogP contribution in [0.15, 0.2) is 42.5 Å². The summed E-state index contributed by atoms with van der Waals surface area (Å²) in [7, 11) is 0. The van der Waals surface area contributed by atoms with Crippen molar-refractivity contribution < 1.29 is 13.9 Å². The highest BCUT2D eigenvalue weighted by molar-refractivity contribution is 5.44. The smallest absolute Gasteiger partial charge is 0.127 e. The fourth-order valence-electron chi connectivity index (χ4n) is 4.09. The van der Waals surface area contributed by atoms with E-state index in [2.05, 4.69) is 0 Å². The predicted molar refractivity (Wildman–Crippen MR) is 96.5 cm³/mol. The first-order valence-corrected chi connectivity index (χ1v) is 9.08. The molecule has 0 heterocycles. The van der Waals surface area contributed by atoms with Crippen LogP contribution in [0.5, 0.6) is 0 Å². The van der Waals surface area contributed by atoms with Crippen LogP contribution in [-0.2, 0) is 5.41 Å². The summed E-state index contributed by atoms with van der Waals surface area (Å²) in [6, 6.07) is 12.0. The number of aliphatic hydroxyl groups excluding tert-OH is 1. The van der Waals surface area contributed by atoms with Crippen molar-refractivity contribution in [2.75, 3.05) is 6.61 Å². The Bertz CT molecular complexity index is 717. The van der Waals surface area contributed by atoms with Crippen LogP contribution in [0.25, 0.3) is 0 Å². The van der Waals surface area contributed by atoms with Crippen LogP contribution < -0.4 is 0 Å². The van der Waals surface area contributed by atoms with Crippen LogP contribution in [0, 0.1) is 30.4 Å².